The molecule has 0 aromatic rings. The van der Waals surface area contributed by atoms with Gasteiger partial charge >= 0.3 is 5.97 Å². The molecule has 74 valence electrons. The molecule has 0 saturated heterocycles. The fourth-order valence-electron chi connectivity index (χ4n) is 0.747. The van der Waals surface area contributed by atoms with Gasteiger partial charge in [-0.1, -0.05) is 0 Å². The maximum Gasteiger partial charge on any atom is 0.320 e. The van der Waals surface area contributed by atoms with Gasteiger partial charge in [0.2, 0.25) is 0 Å². The van der Waals surface area contributed by atoms with Crippen LogP contribution in [-0.4, -0.2) is 34.6 Å². The Morgan fingerprint density at radius 1 is 1.42 bits per heavy atom. The number of hydrogen-bond acceptors (Lipinski definition) is 2. The minimum Gasteiger partial charge on any atom is -0.480 e. The van der Waals surface area contributed by atoms with Gasteiger partial charge in [0.25, 0.3) is 0 Å². The molecule has 0 spiro atoms. The summed E-state index contributed by atoms with van der Waals surface area (Å²) in [5, 5.41) is 8.67. The van der Waals surface area contributed by atoms with E-state index in [0.717, 1.165) is 0 Å². The van der Waals surface area contributed by atoms with Gasteiger partial charge < -0.3 is 5.11 Å². The van der Waals surface area contributed by atoms with E-state index in [1.54, 1.807) is 6.92 Å². The number of aliphatic carboxylic acids is 1. The predicted octanol–water partition coefficient (Wildman–Crippen LogP) is 1.61. The predicted molar refractivity (Wildman–Crippen MR) is 51.9 cm³/mol. The van der Waals surface area contributed by atoms with Crippen molar-refractivity contribution in [3.8, 4) is 0 Å². The van der Waals surface area contributed by atoms with Crippen molar-refractivity contribution in [3.05, 3.63) is 0 Å². The number of likely N-dealkylation sites (N-methyl/N-ethyl adjacent to an activating group) is 1. The van der Waals surface area contributed by atoms with E-state index in [4.69, 9.17) is 5.11 Å². The van der Waals surface area contributed by atoms with Crippen LogP contribution >= 0.6 is 12.4 Å². The molecule has 0 aliphatic rings. The topological polar surface area (TPSA) is 40.5 Å². The van der Waals surface area contributed by atoms with Gasteiger partial charge in [-0.25, -0.2) is 0 Å². The molecule has 4 heteroatoms. The fourth-order valence-corrected chi connectivity index (χ4v) is 0.747. The normalized spacial score (nSPS) is 13.8. The second kappa shape index (κ2) is 4.67. The molecule has 0 saturated carbocycles. The minimum absolute atomic E-state index is 0. The first-order valence-corrected chi connectivity index (χ1v) is 3.72. The lowest BCUT2D eigenvalue weighted by atomic mass is 10.0. The van der Waals surface area contributed by atoms with Crippen LogP contribution in [0.5, 0.6) is 0 Å². The third kappa shape index (κ3) is 3.93. The molecule has 1 atom stereocenters. The van der Waals surface area contributed by atoms with Crippen molar-refractivity contribution in [2.45, 2.75) is 39.3 Å². The fraction of sp³-hybridized carbons (Fsp3) is 0.875. The Labute approximate surface area is 80.2 Å². The Bertz CT molecular complexity index is 154. The van der Waals surface area contributed by atoms with Crippen LogP contribution in [0.2, 0.25) is 0 Å². The second-order valence-corrected chi connectivity index (χ2v) is 3.80. The molecule has 0 aromatic heterocycles. The highest BCUT2D eigenvalue weighted by molar-refractivity contribution is 5.85. The maximum atomic E-state index is 10.5. The van der Waals surface area contributed by atoms with E-state index in [9.17, 15) is 4.79 Å². The van der Waals surface area contributed by atoms with Crippen molar-refractivity contribution in [1.29, 1.82) is 0 Å². The lowest BCUT2D eigenvalue weighted by Gasteiger charge is -2.34. The first-order valence-electron chi connectivity index (χ1n) is 3.72. The summed E-state index contributed by atoms with van der Waals surface area (Å²) in [4.78, 5) is 12.4. The zero-order chi connectivity index (χ0) is 9.23. The zero-order valence-electron chi connectivity index (χ0n) is 8.29. The Morgan fingerprint density at radius 3 is 1.83 bits per heavy atom. The first kappa shape index (κ1) is 14.3. The van der Waals surface area contributed by atoms with Crippen LogP contribution < -0.4 is 0 Å². The van der Waals surface area contributed by atoms with Crippen LogP contribution in [0.15, 0.2) is 0 Å². The molecular weight excluding hydrogens is 178 g/mol. The molecule has 12 heavy (non-hydrogen) atoms. The van der Waals surface area contributed by atoms with Crippen LogP contribution in [0, 0.1) is 0 Å². The minimum atomic E-state index is -0.776. The van der Waals surface area contributed by atoms with Crippen molar-refractivity contribution >= 4 is 18.4 Å². The van der Waals surface area contributed by atoms with Gasteiger partial charge in [0.05, 0.1) is 0 Å². The molecule has 0 aromatic carbocycles. The number of carbonyl (C=O) groups is 1. The van der Waals surface area contributed by atoms with E-state index in [1.165, 1.54) is 0 Å². The first-order chi connectivity index (χ1) is 4.76. The average molecular weight is 196 g/mol. The molecule has 0 aliphatic heterocycles. The van der Waals surface area contributed by atoms with Crippen molar-refractivity contribution in [3.63, 3.8) is 0 Å². The van der Waals surface area contributed by atoms with Gasteiger partial charge in [0.1, 0.15) is 6.04 Å². The lowest BCUT2D eigenvalue weighted by Crippen LogP contribution is -2.47. The molecule has 3 nitrogen and oxygen atoms in total. The summed E-state index contributed by atoms with van der Waals surface area (Å²) in [7, 11) is 1.82. The van der Waals surface area contributed by atoms with Crippen molar-refractivity contribution in [2.75, 3.05) is 7.05 Å². The smallest absolute Gasteiger partial charge is 0.320 e. The van der Waals surface area contributed by atoms with E-state index >= 15 is 0 Å². The average Bonchev–Trinajstić information content (AvgIpc) is 1.82. The van der Waals surface area contributed by atoms with Gasteiger partial charge in [-0.05, 0) is 34.7 Å². The third-order valence-corrected chi connectivity index (χ3v) is 2.00. The van der Waals surface area contributed by atoms with Gasteiger partial charge in [-0.2, -0.15) is 0 Å². The Kier molecular flexibility index (Phi) is 5.55. The Hall–Kier alpha value is -0.280. The SMILES string of the molecule is C[C@@H](C(=O)O)N(C)C(C)(C)C.Cl. The van der Waals surface area contributed by atoms with Crippen LogP contribution in [0.25, 0.3) is 0 Å². The number of halogens is 1. The van der Waals surface area contributed by atoms with E-state index in [-0.39, 0.29) is 17.9 Å². The number of hydrogen-bond donors (Lipinski definition) is 1. The summed E-state index contributed by atoms with van der Waals surface area (Å²) in [5.74, 6) is -0.776. The summed E-state index contributed by atoms with van der Waals surface area (Å²) < 4.78 is 0. The second-order valence-electron chi connectivity index (χ2n) is 3.80. The highest BCUT2D eigenvalue weighted by atomic mass is 35.5. The number of carboxylic acid groups (broad SMARTS) is 1. The number of rotatable bonds is 2. The lowest BCUT2D eigenvalue weighted by molar-refractivity contribution is -0.143. The molecule has 0 amide bonds. The molecule has 0 radical (unpaired) electrons. The third-order valence-electron chi connectivity index (χ3n) is 2.00. The van der Waals surface area contributed by atoms with Crippen LogP contribution in [-0.2, 0) is 4.79 Å². The van der Waals surface area contributed by atoms with Crippen molar-refractivity contribution in [2.24, 2.45) is 0 Å². The van der Waals surface area contributed by atoms with Gasteiger partial charge in [0, 0.05) is 5.54 Å². The summed E-state index contributed by atoms with van der Waals surface area (Å²) in [6, 6.07) is -0.421. The number of nitrogens with zero attached hydrogens (tertiary/aromatic N) is 1. The maximum absolute atomic E-state index is 10.5. The van der Waals surface area contributed by atoms with E-state index in [1.807, 2.05) is 32.7 Å². The summed E-state index contributed by atoms with van der Waals surface area (Å²) >= 11 is 0. The molecule has 0 unspecified atom stereocenters. The molecule has 0 fully saturated rings. The Morgan fingerprint density at radius 2 is 1.75 bits per heavy atom. The molecular formula is C8H18ClNO2. The molecule has 0 aliphatic carbocycles. The standard InChI is InChI=1S/C8H17NO2.ClH/c1-6(7(10)11)9(5)8(2,3)4;/h6H,1-5H3,(H,10,11);1H/t6-;/m0./s1. The molecule has 0 bridgehead atoms. The summed E-state index contributed by atoms with van der Waals surface area (Å²) in [5.41, 5.74) is -0.0855. The highest BCUT2D eigenvalue weighted by Gasteiger charge is 2.26. The zero-order valence-corrected chi connectivity index (χ0v) is 9.10. The summed E-state index contributed by atoms with van der Waals surface area (Å²) in [6.07, 6.45) is 0. The van der Waals surface area contributed by atoms with E-state index < -0.39 is 12.0 Å². The van der Waals surface area contributed by atoms with Gasteiger partial charge in [-0.15, -0.1) is 12.4 Å². The quantitative estimate of drug-likeness (QED) is 0.728. The largest absolute Gasteiger partial charge is 0.480 e. The Balaban J connectivity index is 0. The molecule has 1 N–H and O–H groups in total. The van der Waals surface area contributed by atoms with Crippen LogP contribution in [0.3, 0.4) is 0 Å². The monoisotopic (exact) mass is 195 g/mol. The van der Waals surface area contributed by atoms with Gasteiger partial charge in [0.15, 0.2) is 0 Å². The van der Waals surface area contributed by atoms with Crippen LogP contribution in [0.4, 0.5) is 0 Å². The van der Waals surface area contributed by atoms with Crippen molar-refractivity contribution < 1.29 is 9.90 Å². The highest BCUT2D eigenvalue weighted by Crippen LogP contribution is 2.13. The molecule has 0 rings (SSSR count). The molecule has 0 heterocycles. The van der Waals surface area contributed by atoms with Crippen molar-refractivity contribution in [1.82, 2.24) is 4.90 Å². The van der Waals surface area contributed by atoms with E-state index in [0.29, 0.717) is 0 Å². The summed E-state index contributed by atoms with van der Waals surface area (Å²) in [6.45, 7) is 7.67. The number of carboxylic acids is 1. The van der Waals surface area contributed by atoms with E-state index in [2.05, 4.69) is 0 Å². The van der Waals surface area contributed by atoms with Gasteiger partial charge in [-0.3, -0.25) is 9.69 Å². The van der Waals surface area contributed by atoms with Crippen LogP contribution in [0.1, 0.15) is 27.7 Å².